The number of nitrogens with one attached hydrogen (secondary N) is 2. The molecule has 0 bridgehead atoms. The summed E-state index contributed by atoms with van der Waals surface area (Å²) in [6.07, 6.45) is 1.40. The van der Waals surface area contributed by atoms with E-state index in [1.165, 1.54) is 10.9 Å². The molecule has 26 heavy (non-hydrogen) atoms. The number of imidazole rings is 1. The number of carbonyl (C=O) groups excluding carboxylic acids is 1. The first-order valence-corrected chi connectivity index (χ1v) is 8.26. The lowest BCUT2D eigenvalue weighted by atomic mass is 10.2. The van der Waals surface area contributed by atoms with Gasteiger partial charge in [-0.1, -0.05) is 18.2 Å². The topological polar surface area (TPSA) is 92.7 Å². The molecule has 4 rings (SSSR count). The van der Waals surface area contributed by atoms with E-state index in [0.717, 1.165) is 16.6 Å². The Morgan fingerprint density at radius 1 is 1.19 bits per heavy atom. The van der Waals surface area contributed by atoms with E-state index in [1.807, 2.05) is 31.2 Å². The Kier molecular flexibility index (Phi) is 3.96. The van der Waals surface area contributed by atoms with Gasteiger partial charge in [-0.2, -0.15) is 0 Å². The van der Waals surface area contributed by atoms with Crippen LogP contribution in [-0.2, 0) is 17.9 Å². The van der Waals surface area contributed by atoms with Crippen LogP contribution in [0.15, 0.2) is 53.6 Å². The van der Waals surface area contributed by atoms with Gasteiger partial charge in [-0.25, -0.2) is 9.97 Å². The quantitative estimate of drug-likeness (QED) is 0.590. The fraction of sp³-hybridized carbons (Fsp3) is 0.158. The molecule has 0 unspecified atom stereocenters. The third-order valence-corrected chi connectivity index (χ3v) is 4.18. The minimum absolute atomic E-state index is 0.0873. The van der Waals surface area contributed by atoms with E-state index < -0.39 is 0 Å². The molecule has 2 aromatic carbocycles. The number of benzene rings is 2. The molecule has 0 radical (unpaired) electrons. The van der Waals surface area contributed by atoms with Crippen molar-refractivity contribution in [1.29, 1.82) is 0 Å². The molecular weight excluding hydrogens is 330 g/mol. The minimum atomic E-state index is -0.277. The molecule has 0 saturated heterocycles. The average Bonchev–Trinajstić information content (AvgIpc) is 3.04. The molecule has 2 N–H and O–H groups in total. The summed E-state index contributed by atoms with van der Waals surface area (Å²) in [4.78, 5) is 36.5. The summed E-state index contributed by atoms with van der Waals surface area (Å²) < 4.78 is 1.31. The number of hydrogen-bond acceptors (Lipinski definition) is 4. The van der Waals surface area contributed by atoms with Crippen molar-refractivity contribution in [3.63, 3.8) is 0 Å². The SMILES string of the molecule is Cc1ccc2nc(CNC(=O)Cn3cnc4ccccc4c3=O)[nH]c2c1. The van der Waals surface area contributed by atoms with Crippen molar-refractivity contribution >= 4 is 27.8 Å². The fourth-order valence-electron chi connectivity index (χ4n) is 2.87. The van der Waals surface area contributed by atoms with Gasteiger partial charge in [0.05, 0.1) is 34.8 Å². The molecule has 2 heterocycles. The van der Waals surface area contributed by atoms with Gasteiger partial charge in [-0.15, -0.1) is 0 Å². The summed E-state index contributed by atoms with van der Waals surface area (Å²) in [5, 5.41) is 3.27. The number of H-pyrrole nitrogens is 1. The highest BCUT2D eigenvalue weighted by atomic mass is 16.2. The highest BCUT2D eigenvalue weighted by Crippen LogP contribution is 2.13. The Morgan fingerprint density at radius 2 is 2.04 bits per heavy atom. The summed E-state index contributed by atoms with van der Waals surface area (Å²) in [6.45, 7) is 2.19. The third-order valence-electron chi connectivity index (χ3n) is 4.18. The molecule has 7 nitrogen and oxygen atoms in total. The molecule has 2 aromatic heterocycles. The highest BCUT2D eigenvalue weighted by molar-refractivity contribution is 5.79. The Hall–Kier alpha value is -3.48. The number of aromatic nitrogens is 4. The maximum absolute atomic E-state index is 12.4. The number of fused-ring (bicyclic) bond motifs is 2. The van der Waals surface area contributed by atoms with E-state index in [2.05, 4.69) is 20.3 Å². The van der Waals surface area contributed by atoms with Gasteiger partial charge in [0.1, 0.15) is 12.4 Å². The largest absolute Gasteiger partial charge is 0.347 e. The first-order chi connectivity index (χ1) is 12.6. The molecule has 0 fully saturated rings. The average molecular weight is 347 g/mol. The number of hydrogen-bond donors (Lipinski definition) is 2. The monoisotopic (exact) mass is 347 g/mol. The normalized spacial score (nSPS) is 11.1. The number of carbonyl (C=O) groups is 1. The molecular formula is C19H17N5O2. The van der Waals surface area contributed by atoms with Crippen LogP contribution >= 0.6 is 0 Å². The molecule has 7 heteroatoms. The first kappa shape index (κ1) is 16.0. The van der Waals surface area contributed by atoms with Gasteiger partial charge < -0.3 is 10.3 Å². The molecule has 0 aliphatic carbocycles. The summed E-state index contributed by atoms with van der Waals surface area (Å²) in [6, 6.07) is 13.0. The summed E-state index contributed by atoms with van der Waals surface area (Å²) in [5.41, 5.74) is 3.32. The van der Waals surface area contributed by atoms with Gasteiger partial charge in [0.25, 0.3) is 5.56 Å². The molecule has 0 spiro atoms. The van der Waals surface area contributed by atoms with Gasteiger partial charge in [-0.05, 0) is 36.8 Å². The van der Waals surface area contributed by atoms with Crippen LogP contribution in [0.25, 0.3) is 21.9 Å². The lowest BCUT2D eigenvalue weighted by Gasteiger charge is -2.07. The van der Waals surface area contributed by atoms with E-state index in [9.17, 15) is 9.59 Å². The Morgan fingerprint density at radius 3 is 2.92 bits per heavy atom. The summed E-state index contributed by atoms with van der Waals surface area (Å²) in [7, 11) is 0. The summed E-state index contributed by atoms with van der Waals surface area (Å²) in [5.74, 6) is 0.392. The van der Waals surface area contributed by atoms with Crippen LogP contribution in [-0.4, -0.2) is 25.4 Å². The van der Waals surface area contributed by atoms with Gasteiger partial charge >= 0.3 is 0 Å². The molecule has 4 aromatic rings. The van der Waals surface area contributed by atoms with Crippen molar-refractivity contribution < 1.29 is 4.79 Å². The zero-order chi connectivity index (χ0) is 18.1. The number of rotatable bonds is 4. The van der Waals surface area contributed by atoms with Gasteiger partial charge in [0.2, 0.25) is 5.91 Å². The molecule has 0 atom stereocenters. The maximum Gasteiger partial charge on any atom is 0.261 e. The Bertz CT molecular complexity index is 1180. The number of aryl methyl sites for hydroxylation is 1. The minimum Gasteiger partial charge on any atom is -0.347 e. The van der Waals surface area contributed by atoms with Crippen LogP contribution in [0.2, 0.25) is 0 Å². The first-order valence-electron chi connectivity index (χ1n) is 8.26. The Labute approximate surface area is 148 Å². The molecule has 1 amide bonds. The standard InChI is InChI=1S/C19H17N5O2/c1-12-6-7-15-16(8-12)23-17(22-15)9-20-18(25)10-24-11-21-14-5-3-2-4-13(14)19(24)26/h2-8,11H,9-10H2,1H3,(H,20,25)(H,22,23). The zero-order valence-electron chi connectivity index (χ0n) is 14.2. The number of nitrogens with zero attached hydrogens (tertiary/aromatic N) is 3. The number of amides is 1. The van der Waals surface area contributed by atoms with Crippen molar-refractivity contribution in [2.45, 2.75) is 20.0 Å². The third kappa shape index (κ3) is 3.06. The van der Waals surface area contributed by atoms with Crippen molar-refractivity contribution in [3.05, 3.63) is 70.5 Å². The summed E-state index contributed by atoms with van der Waals surface area (Å²) >= 11 is 0. The fourth-order valence-corrected chi connectivity index (χ4v) is 2.87. The Balaban J connectivity index is 1.47. The smallest absolute Gasteiger partial charge is 0.261 e. The second-order valence-corrected chi connectivity index (χ2v) is 6.18. The van der Waals surface area contributed by atoms with Gasteiger partial charge in [0.15, 0.2) is 0 Å². The van der Waals surface area contributed by atoms with Crippen LogP contribution in [0.4, 0.5) is 0 Å². The van der Waals surface area contributed by atoms with E-state index in [1.54, 1.807) is 18.2 Å². The predicted octanol–water partition coefficient (Wildman–Crippen LogP) is 1.90. The number of aromatic amines is 1. The highest BCUT2D eigenvalue weighted by Gasteiger charge is 2.09. The van der Waals surface area contributed by atoms with Crippen LogP contribution in [0, 0.1) is 6.92 Å². The van der Waals surface area contributed by atoms with E-state index in [4.69, 9.17) is 0 Å². The van der Waals surface area contributed by atoms with Crippen LogP contribution in [0.3, 0.4) is 0 Å². The van der Waals surface area contributed by atoms with Crippen LogP contribution < -0.4 is 10.9 Å². The van der Waals surface area contributed by atoms with Crippen molar-refractivity contribution in [3.8, 4) is 0 Å². The molecule has 0 aliphatic heterocycles. The van der Waals surface area contributed by atoms with Crippen LogP contribution in [0.5, 0.6) is 0 Å². The van der Waals surface area contributed by atoms with Gasteiger partial charge in [-0.3, -0.25) is 14.2 Å². The molecule has 0 saturated carbocycles. The van der Waals surface area contributed by atoms with Crippen molar-refractivity contribution in [2.75, 3.05) is 0 Å². The van der Waals surface area contributed by atoms with Crippen molar-refractivity contribution in [2.24, 2.45) is 0 Å². The zero-order valence-corrected chi connectivity index (χ0v) is 14.2. The number of para-hydroxylation sites is 1. The van der Waals surface area contributed by atoms with E-state index in [-0.39, 0.29) is 24.6 Å². The second kappa shape index (κ2) is 6.44. The van der Waals surface area contributed by atoms with E-state index >= 15 is 0 Å². The molecule has 130 valence electrons. The molecule has 0 aliphatic rings. The lowest BCUT2D eigenvalue weighted by Crippen LogP contribution is -2.32. The lowest BCUT2D eigenvalue weighted by molar-refractivity contribution is -0.121. The van der Waals surface area contributed by atoms with Crippen LogP contribution in [0.1, 0.15) is 11.4 Å². The second-order valence-electron chi connectivity index (χ2n) is 6.18. The van der Waals surface area contributed by atoms with Crippen molar-refractivity contribution in [1.82, 2.24) is 24.8 Å². The van der Waals surface area contributed by atoms with Gasteiger partial charge in [0, 0.05) is 0 Å². The predicted molar refractivity (Wildman–Crippen MR) is 98.7 cm³/mol. The maximum atomic E-state index is 12.4. The van der Waals surface area contributed by atoms with E-state index in [0.29, 0.717) is 16.7 Å².